The van der Waals surface area contributed by atoms with Crippen molar-refractivity contribution in [2.45, 2.75) is 0 Å². The first kappa shape index (κ1) is 63.3. The number of hydrogen-bond acceptors (Lipinski definition) is 16. The van der Waals surface area contributed by atoms with Crippen LogP contribution in [0, 0.1) is 0 Å². The molecule has 0 heterocycles. The maximum absolute atomic E-state index is 8.55. The van der Waals surface area contributed by atoms with Crippen molar-refractivity contribution in [2.24, 2.45) is 0 Å². The zero-order chi connectivity index (χ0) is 18.0. The molecule has 0 spiro atoms. The van der Waals surface area contributed by atoms with Gasteiger partial charge in [-0.3, -0.25) is 0 Å². The Labute approximate surface area is 242 Å². The van der Waals surface area contributed by atoms with Crippen LogP contribution in [0.25, 0.3) is 0 Å². The first-order valence-electron chi connectivity index (χ1n) is 2.92. The van der Waals surface area contributed by atoms with E-state index >= 15 is 0 Å². The van der Waals surface area contributed by atoms with Crippen molar-refractivity contribution in [3.05, 3.63) is 0 Å². The second-order valence-electron chi connectivity index (χ2n) is 1.79. The molecular formula is O16P4Ru3Zr3. The normalized spacial score (nSPS) is 9.08. The molecule has 26 heavy (non-hydrogen) atoms. The fraction of sp³-hybridized carbons (Fsp3) is 0. The quantitative estimate of drug-likeness (QED) is 0.161. The smallest absolute Gasteiger partial charge is 0.822 e. The van der Waals surface area contributed by atoms with E-state index in [0.717, 1.165) is 0 Å². The van der Waals surface area contributed by atoms with Crippen molar-refractivity contribution in [1.29, 1.82) is 0 Å². The van der Waals surface area contributed by atoms with E-state index in [-0.39, 0.29) is 137 Å². The monoisotopic (exact) mass is 955 g/mol. The maximum atomic E-state index is 8.55. The minimum absolute atomic E-state index is 0. The van der Waals surface area contributed by atoms with E-state index < -0.39 is 31.3 Å². The zero-order valence-corrected chi connectivity index (χ0v) is 27.0. The number of hydrogen-bond donors (Lipinski definition) is 0. The van der Waals surface area contributed by atoms with Gasteiger partial charge in [-0.15, -0.1) is 0 Å². The molecule has 152 valence electrons. The van der Waals surface area contributed by atoms with Gasteiger partial charge in [-0.05, 0) is 0 Å². The Kier molecular flexibility index (Phi) is 72.9. The first-order chi connectivity index (χ1) is 8.00. The molecule has 0 amide bonds. The molecule has 0 aromatic rings. The molecule has 0 saturated carbocycles. The minimum Gasteiger partial charge on any atom is -0.822 e. The van der Waals surface area contributed by atoms with Gasteiger partial charge in [0, 0.05) is 58.4 Å². The van der Waals surface area contributed by atoms with Crippen molar-refractivity contribution in [3.8, 4) is 0 Å². The van der Waals surface area contributed by atoms with E-state index in [2.05, 4.69) is 0 Å². The Morgan fingerprint density at radius 1 is 0.308 bits per heavy atom. The molecule has 0 unspecified atom stereocenters. The van der Waals surface area contributed by atoms with Gasteiger partial charge in [-0.25, -0.2) is 0 Å². The van der Waals surface area contributed by atoms with Gasteiger partial charge in [0.05, 0.1) is 0 Å². The standard InChI is InChI=1S/4H3O4P.3Ru.3Zr/c4*1-5(2,3)4;;;;;;/h4*(H3,1,2,3,4);;;;;;/q;;;;;;;3*+4/p-12. The van der Waals surface area contributed by atoms with Crippen molar-refractivity contribution >= 4 is 31.3 Å². The molecule has 16 nitrogen and oxygen atoms in total. The van der Waals surface area contributed by atoms with Crippen LogP contribution in [0.4, 0.5) is 0 Å². The van der Waals surface area contributed by atoms with E-state index in [9.17, 15) is 0 Å². The molecule has 0 aliphatic rings. The maximum Gasteiger partial charge on any atom is 4.00 e. The second-order valence-corrected chi connectivity index (χ2v) is 5.37. The van der Waals surface area contributed by atoms with Gasteiger partial charge in [-0.1, -0.05) is 0 Å². The molecule has 0 rings (SSSR count). The van der Waals surface area contributed by atoms with Gasteiger partial charge < -0.3 is 77.0 Å². The van der Waals surface area contributed by atoms with Gasteiger partial charge in [0.25, 0.3) is 0 Å². The summed E-state index contributed by atoms with van der Waals surface area (Å²) < 4.78 is 34.2. The molecule has 0 aromatic carbocycles. The number of phosphoric acid groups is 4. The van der Waals surface area contributed by atoms with Gasteiger partial charge >= 0.3 is 78.6 Å². The summed E-state index contributed by atoms with van der Waals surface area (Å²) >= 11 is 0. The van der Waals surface area contributed by atoms with Crippen LogP contribution in [-0.4, -0.2) is 0 Å². The van der Waals surface area contributed by atoms with Crippen molar-refractivity contribution in [2.75, 3.05) is 0 Å². The third-order valence-corrected chi connectivity index (χ3v) is 0. The molecule has 0 N–H and O–H groups in total. The third kappa shape index (κ3) is 920. The van der Waals surface area contributed by atoms with Crippen LogP contribution in [0.15, 0.2) is 0 Å². The van der Waals surface area contributed by atoms with E-state index in [1.165, 1.54) is 0 Å². The molecule has 0 bridgehead atoms. The fourth-order valence-corrected chi connectivity index (χ4v) is 0. The Morgan fingerprint density at radius 3 is 0.308 bits per heavy atom. The Morgan fingerprint density at radius 2 is 0.308 bits per heavy atom. The van der Waals surface area contributed by atoms with Crippen LogP contribution >= 0.6 is 31.3 Å². The van der Waals surface area contributed by atoms with Crippen LogP contribution in [0.2, 0.25) is 0 Å². The molecule has 26 heteroatoms. The summed E-state index contributed by atoms with van der Waals surface area (Å²) in [6.45, 7) is 0. The molecule has 0 saturated heterocycles. The second kappa shape index (κ2) is 30.0. The first-order valence-corrected chi connectivity index (χ1v) is 8.76. The third-order valence-electron chi connectivity index (χ3n) is 0. The van der Waals surface area contributed by atoms with Gasteiger partial charge in [0.15, 0.2) is 0 Å². The Balaban J connectivity index is -0.0000000152. The van der Waals surface area contributed by atoms with E-state index in [4.69, 9.17) is 77.0 Å². The van der Waals surface area contributed by atoms with Crippen LogP contribution < -0.4 is 58.7 Å². The van der Waals surface area contributed by atoms with Crippen molar-refractivity contribution in [3.63, 3.8) is 0 Å². The predicted octanol–water partition coefficient (Wildman–Crippen LogP) is -11.3. The topological polar surface area (TPSA) is 345 Å². The largest absolute Gasteiger partial charge is 4.00 e. The van der Waals surface area contributed by atoms with Crippen molar-refractivity contribution < 1.29 is 214 Å². The summed E-state index contributed by atoms with van der Waals surface area (Å²) in [6.07, 6.45) is 0. The Bertz CT molecular complexity index is 305. The van der Waals surface area contributed by atoms with Crippen LogP contribution in [0.1, 0.15) is 0 Å². The van der Waals surface area contributed by atoms with E-state index in [1.54, 1.807) is 0 Å². The average Bonchev–Trinajstić information content (AvgIpc) is 1.62. The van der Waals surface area contributed by atoms with Crippen LogP contribution in [-0.2, 0) is 155 Å². The predicted molar refractivity (Wildman–Crippen MR) is 30.4 cm³/mol. The van der Waals surface area contributed by atoms with Crippen LogP contribution in [0.5, 0.6) is 0 Å². The summed E-state index contributed by atoms with van der Waals surface area (Å²) in [5.74, 6) is 0. The molecule has 0 atom stereocenters. The van der Waals surface area contributed by atoms with Gasteiger partial charge in [0.2, 0.25) is 0 Å². The molecule has 0 fully saturated rings. The van der Waals surface area contributed by atoms with Crippen LogP contribution in [0.3, 0.4) is 0 Å². The molecule has 0 aliphatic heterocycles. The average molecular weight is 957 g/mol. The molecule has 0 radical (unpaired) electrons. The fourth-order valence-electron chi connectivity index (χ4n) is 0. The summed E-state index contributed by atoms with van der Waals surface area (Å²) in [6, 6.07) is 0. The summed E-state index contributed by atoms with van der Waals surface area (Å²) in [5, 5.41) is 0. The summed E-state index contributed by atoms with van der Waals surface area (Å²) in [5.41, 5.74) is 0. The van der Waals surface area contributed by atoms with E-state index in [1.807, 2.05) is 0 Å². The van der Waals surface area contributed by atoms with Crippen molar-refractivity contribution in [1.82, 2.24) is 0 Å². The molecule has 0 aliphatic carbocycles. The SMILES string of the molecule is O=P([O-])([O-])[O-].O=P([O-])([O-])[O-].O=P([O-])([O-])[O-].O=P([O-])([O-])[O-].[Ru].[Ru].[Ru].[Zr+4].[Zr+4].[Zr+4]. The molecule has 0 aromatic heterocycles. The summed E-state index contributed by atoms with van der Waals surface area (Å²) in [4.78, 5) is 103. The zero-order valence-electron chi connectivity index (χ0n) is 10.9. The Hall–Kier alpha value is 4.96. The minimum atomic E-state index is -5.39. The number of rotatable bonds is 0. The summed E-state index contributed by atoms with van der Waals surface area (Å²) in [7, 11) is -21.6. The van der Waals surface area contributed by atoms with E-state index in [0.29, 0.717) is 0 Å². The van der Waals surface area contributed by atoms with Gasteiger partial charge in [0.1, 0.15) is 0 Å². The molecular weight excluding hydrogens is 957 g/mol. The van der Waals surface area contributed by atoms with Gasteiger partial charge in [-0.2, -0.15) is 31.3 Å².